The van der Waals surface area contributed by atoms with Gasteiger partial charge in [0, 0.05) is 62.8 Å². The van der Waals surface area contributed by atoms with E-state index in [-0.39, 0.29) is 37.0 Å². The van der Waals surface area contributed by atoms with Crippen LogP contribution in [0.15, 0.2) is 18.2 Å². The molecule has 1 aromatic carbocycles. The number of nitrogens with one attached hydrogen (secondary N) is 1. The topological polar surface area (TPSA) is 37.0 Å². The van der Waals surface area contributed by atoms with Crippen LogP contribution in [0, 0.1) is 0 Å². The van der Waals surface area contributed by atoms with E-state index in [0.717, 1.165) is 32.7 Å². The summed E-state index contributed by atoms with van der Waals surface area (Å²) in [7, 11) is 1.77. The Kier molecular flexibility index (Phi) is 9.48. The first-order valence-corrected chi connectivity index (χ1v) is 9.08. The van der Waals surface area contributed by atoms with Crippen LogP contribution in [0.1, 0.15) is 26.3 Å². The van der Waals surface area contributed by atoms with E-state index in [0.29, 0.717) is 12.6 Å². The number of nitrogens with zero attached hydrogens (tertiary/aromatic N) is 2. The third-order valence-corrected chi connectivity index (χ3v) is 4.96. The first kappa shape index (κ1) is 23.3. The second-order valence-electron chi connectivity index (χ2n) is 7.15. The van der Waals surface area contributed by atoms with Gasteiger partial charge in [0.15, 0.2) is 0 Å². The van der Waals surface area contributed by atoms with Crippen molar-refractivity contribution in [1.29, 1.82) is 0 Å². The van der Waals surface area contributed by atoms with Crippen LogP contribution in [0.5, 0.6) is 0 Å². The van der Waals surface area contributed by atoms with E-state index in [9.17, 15) is 0 Å². The number of benzene rings is 1. The van der Waals surface area contributed by atoms with Gasteiger partial charge in [-0.25, -0.2) is 0 Å². The Morgan fingerprint density at radius 1 is 1.15 bits per heavy atom. The fourth-order valence-corrected chi connectivity index (χ4v) is 3.93. The maximum Gasteiger partial charge on any atom is 0.0734 e. The van der Waals surface area contributed by atoms with E-state index >= 15 is 0 Å². The van der Waals surface area contributed by atoms with Crippen LogP contribution in [0.25, 0.3) is 0 Å². The Labute approximate surface area is 170 Å². The molecule has 2 fully saturated rings. The Morgan fingerprint density at radius 3 is 2.46 bits per heavy atom. The molecule has 7 heteroatoms. The molecular formula is C19H33Cl2N3O2. The van der Waals surface area contributed by atoms with Gasteiger partial charge in [-0.05, 0) is 39.0 Å². The van der Waals surface area contributed by atoms with Gasteiger partial charge in [-0.15, -0.1) is 24.8 Å². The SMILES string of the molecule is COCc1cc(N2CCNC[C@H]2C)ccc1N1C[C@@H](C)O[C@@H](C)C1.Cl.Cl. The Hall–Kier alpha value is -0.720. The van der Waals surface area contributed by atoms with Gasteiger partial charge in [-0.1, -0.05) is 0 Å². The van der Waals surface area contributed by atoms with Crippen molar-refractivity contribution in [1.82, 2.24) is 5.32 Å². The summed E-state index contributed by atoms with van der Waals surface area (Å²) in [6.07, 6.45) is 0.522. The van der Waals surface area contributed by atoms with Crippen LogP contribution in [-0.4, -0.2) is 58.1 Å². The van der Waals surface area contributed by atoms with E-state index in [1.54, 1.807) is 7.11 Å². The third-order valence-electron chi connectivity index (χ3n) is 4.96. The highest BCUT2D eigenvalue weighted by Crippen LogP contribution is 2.30. The molecule has 0 spiro atoms. The largest absolute Gasteiger partial charge is 0.380 e. The molecule has 2 saturated heterocycles. The van der Waals surface area contributed by atoms with E-state index in [1.165, 1.54) is 16.9 Å². The normalized spacial score (nSPS) is 26.1. The average Bonchev–Trinajstić information content (AvgIpc) is 2.54. The van der Waals surface area contributed by atoms with Gasteiger partial charge in [-0.2, -0.15) is 0 Å². The molecule has 0 aromatic heterocycles. The molecule has 0 aliphatic carbocycles. The van der Waals surface area contributed by atoms with Gasteiger partial charge in [-0.3, -0.25) is 0 Å². The van der Waals surface area contributed by atoms with Crippen LogP contribution < -0.4 is 15.1 Å². The zero-order valence-corrected chi connectivity index (χ0v) is 17.9. The molecule has 1 N–H and O–H groups in total. The van der Waals surface area contributed by atoms with E-state index in [2.05, 4.69) is 54.1 Å². The number of ether oxygens (including phenoxy) is 2. The van der Waals surface area contributed by atoms with Crippen molar-refractivity contribution in [3.05, 3.63) is 23.8 Å². The summed E-state index contributed by atoms with van der Waals surface area (Å²) in [4.78, 5) is 4.93. The predicted octanol–water partition coefficient (Wildman–Crippen LogP) is 3.09. The molecule has 3 atom stereocenters. The summed E-state index contributed by atoms with van der Waals surface area (Å²) in [5.74, 6) is 0. The highest BCUT2D eigenvalue weighted by Gasteiger charge is 2.25. The molecule has 0 saturated carbocycles. The minimum Gasteiger partial charge on any atom is -0.380 e. The smallest absolute Gasteiger partial charge is 0.0734 e. The summed E-state index contributed by atoms with van der Waals surface area (Å²) >= 11 is 0. The average molecular weight is 406 g/mol. The summed E-state index contributed by atoms with van der Waals surface area (Å²) in [5.41, 5.74) is 3.85. The lowest BCUT2D eigenvalue weighted by molar-refractivity contribution is -0.00533. The van der Waals surface area contributed by atoms with Crippen molar-refractivity contribution >= 4 is 36.2 Å². The lowest BCUT2D eigenvalue weighted by atomic mass is 10.1. The van der Waals surface area contributed by atoms with Gasteiger partial charge in [0.25, 0.3) is 0 Å². The number of hydrogen-bond acceptors (Lipinski definition) is 5. The minimum absolute atomic E-state index is 0. The molecule has 26 heavy (non-hydrogen) atoms. The fraction of sp³-hybridized carbons (Fsp3) is 0.684. The molecule has 0 amide bonds. The molecule has 3 rings (SSSR count). The molecule has 2 aliphatic rings. The second kappa shape index (κ2) is 10.6. The maximum absolute atomic E-state index is 5.88. The van der Waals surface area contributed by atoms with Crippen molar-refractivity contribution in [2.45, 2.75) is 45.6 Å². The highest BCUT2D eigenvalue weighted by molar-refractivity contribution is 5.85. The standard InChI is InChI=1S/C19H31N3O2.2ClH/c1-14-10-20-7-8-22(14)18-5-6-19(17(9-18)13-23-4)21-11-15(2)24-16(3)12-21;;/h5-6,9,14-16,20H,7-8,10-13H2,1-4H3;2*1H/t14-,15-,16+;;/m1../s1. The first-order chi connectivity index (χ1) is 11.6. The molecular weight excluding hydrogens is 373 g/mol. The van der Waals surface area contributed by atoms with E-state index < -0.39 is 0 Å². The number of halogens is 2. The summed E-state index contributed by atoms with van der Waals surface area (Å²) in [6.45, 7) is 12.2. The number of methoxy groups -OCH3 is 1. The molecule has 2 aliphatic heterocycles. The maximum atomic E-state index is 5.88. The van der Waals surface area contributed by atoms with Gasteiger partial charge in [0.05, 0.1) is 18.8 Å². The Morgan fingerprint density at radius 2 is 1.85 bits per heavy atom. The van der Waals surface area contributed by atoms with Crippen molar-refractivity contribution in [3.63, 3.8) is 0 Å². The predicted molar refractivity (Wildman–Crippen MR) is 114 cm³/mol. The van der Waals surface area contributed by atoms with Crippen molar-refractivity contribution in [3.8, 4) is 0 Å². The van der Waals surface area contributed by atoms with Crippen LogP contribution in [-0.2, 0) is 16.1 Å². The Bertz CT molecular complexity index is 552. The second-order valence-corrected chi connectivity index (χ2v) is 7.15. The molecule has 1 aromatic rings. The number of piperazine rings is 1. The van der Waals surface area contributed by atoms with Crippen LogP contribution in [0.4, 0.5) is 11.4 Å². The number of hydrogen-bond donors (Lipinski definition) is 1. The van der Waals surface area contributed by atoms with Crippen molar-refractivity contribution < 1.29 is 9.47 Å². The highest BCUT2D eigenvalue weighted by atomic mass is 35.5. The molecule has 0 bridgehead atoms. The van der Waals surface area contributed by atoms with Crippen LogP contribution in [0.3, 0.4) is 0 Å². The zero-order valence-electron chi connectivity index (χ0n) is 16.2. The van der Waals surface area contributed by atoms with Crippen molar-refractivity contribution in [2.75, 3.05) is 49.6 Å². The van der Waals surface area contributed by atoms with E-state index in [1.807, 2.05) is 0 Å². The van der Waals surface area contributed by atoms with Gasteiger partial charge in [0.1, 0.15) is 0 Å². The molecule has 0 radical (unpaired) electrons. The summed E-state index contributed by atoms with van der Waals surface area (Å²) in [6, 6.07) is 7.36. The lowest BCUT2D eigenvalue weighted by Gasteiger charge is -2.39. The fourth-order valence-electron chi connectivity index (χ4n) is 3.93. The Balaban J connectivity index is 0.00000169. The number of anilines is 2. The molecule has 150 valence electrons. The molecule has 5 nitrogen and oxygen atoms in total. The summed E-state index contributed by atoms with van der Waals surface area (Å²) < 4.78 is 11.4. The van der Waals surface area contributed by atoms with Gasteiger partial charge < -0.3 is 24.6 Å². The minimum atomic E-state index is 0. The zero-order chi connectivity index (χ0) is 17.1. The van der Waals surface area contributed by atoms with Crippen molar-refractivity contribution in [2.24, 2.45) is 0 Å². The molecule has 0 unspecified atom stereocenters. The van der Waals surface area contributed by atoms with Gasteiger partial charge >= 0.3 is 0 Å². The third kappa shape index (κ3) is 5.40. The quantitative estimate of drug-likeness (QED) is 0.832. The number of morpholine rings is 1. The van der Waals surface area contributed by atoms with Gasteiger partial charge in [0.2, 0.25) is 0 Å². The lowest BCUT2D eigenvalue weighted by Crippen LogP contribution is -2.50. The monoisotopic (exact) mass is 405 g/mol. The van der Waals surface area contributed by atoms with Crippen LogP contribution in [0.2, 0.25) is 0 Å². The number of rotatable bonds is 4. The van der Waals surface area contributed by atoms with E-state index in [4.69, 9.17) is 9.47 Å². The summed E-state index contributed by atoms with van der Waals surface area (Å²) in [5, 5.41) is 3.46. The molecule has 2 heterocycles. The van der Waals surface area contributed by atoms with Crippen LogP contribution >= 0.6 is 24.8 Å². The first-order valence-electron chi connectivity index (χ1n) is 9.08.